The highest BCUT2D eigenvalue weighted by Gasteiger charge is 2.46. The van der Waals surface area contributed by atoms with Crippen LogP contribution in [0.2, 0.25) is 0 Å². The first-order valence-corrected chi connectivity index (χ1v) is 9.61. The summed E-state index contributed by atoms with van der Waals surface area (Å²) in [5.74, 6) is 0. The van der Waals surface area contributed by atoms with Crippen LogP contribution >= 0.6 is 0 Å². The number of aliphatic hydroxyl groups is 1. The lowest BCUT2D eigenvalue weighted by atomic mass is 9.79. The van der Waals surface area contributed by atoms with Gasteiger partial charge in [0.05, 0.1) is 13.2 Å². The topological polar surface area (TPSA) is 44.7 Å². The number of unbranched alkanes of at least 4 members (excludes halogenated alkanes) is 5. The lowest BCUT2D eigenvalue weighted by Crippen LogP contribution is -2.63. The third-order valence-corrected chi connectivity index (χ3v) is 4.85. The van der Waals surface area contributed by atoms with Gasteiger partial charge in [-0.15, -0.1) is 0 Å². The van der Waals surface area contributed by atoms with Crippen molar-refractivity contribution >= 4 is 0 Å². The summed E-state index contributed by atoms with van der Waals surface area (Å²) >= 11 is 0. The van der Waals surface area contributed by atoms with Gasteiger partial charge >= 0.3 is 0 Å². The first kappa shape index (κ1) is 20.9. The summed E-state index contributed by atoms with van der Waals surface area (Å²) in [4.78, 5) is 6.23. The highest BCUT2D eigenvalue weighted by Crippen LogP contribution is 2.38. The van der Waals surface area contributed by atoms with Crippen molar-refractivity contribution in [2.45, 2.75) is 103 Å². The van der Waals surface area contributed by atoms with Gasteiger partial charge in [0.25, 0.3) is 0 Å². The first-order chi connectivity index (χ1) is 10.8. The second-order valence-corrected chi connectivity index (χ2v) is 8.30. The Hall–Kier alpha value is -0.160. The maximum absolute atomic E-state index is 9.03. The molecule has 0 aromatic heterocycles. The maximum atomic E-state index is 9.03. The fraction of sp³-hybridized carbons (Fsp3) is 1.00. The van der Waals surface area contributed by atoms with Gasteiger partial charge in [-0.05, 0) is 47.0 Å². The van der Waals surface area contributed by atoms with Crippen LogP contribution in [0.1, 0.15) is 86.0 Å². The van der Waals surface area contributed by atoms with E-state index >= 15 is 0 Å². The normalized spacial score (nSPS) is 21.7. The quantitative estimate of drug-likeness (QED) is 0.565. The average molecular weight is 329 g/mol. The van der Waals surface area contributed by atoms with E-state index in [-0.39, 0.29) is 17.7 Å². The Balaban J connectivity index is 2.41. The Morgan fingerprint density at radius 3 is 2.13 bits per heavy atom. The van der Waals surface area contributed by atoms with E-state index in [0.717, 1.165) is 25.9 Å². The highest BCUT2D eigenvalue weighted by atomic mass is 16.7. The maximum Gasteiger partial charge on any atom is 0.0685 e. The molecule has 1 saturated heterocycles. The molecule has 4 heteroatoms. The Kier molecular flexibility index (Phi) is 9.06. The van der Waals surface area contributed by atoms with Crippen molar-refractivity contribution in [2.24, 2.45) is 0 Å². The zero-order chi connectivity index (χ0) is 17.3. The molecule has 0 atom stereocenters. The molecular weight excluding hydrogens is 288 g/mol. The van der Waals surface area contributed by atoms with Crippen molar-refractivity contribution < 1.29 is 9.94 Å². The molecule has 1 heterocycles. The van der Waals surface area contributed by atoms with E-state index < -0.39 is 0 Å². The minimum Gasteiger partial charge on any atom is -0.395 e. The van der Waals surface area contributed by atoms with E-state index in [2.05, 4.69) is 45.0 Å². The number of nitrogens with one attached hydrogen (secondary N) is 1. The molecule has 0 amide bonds. The second kappa shape index (κ2) is 9.97. The number of aliphatic hydroxyl groups excluding tert-OH is 1. The van der Waals surface area contributed by atoms with Crippen LogP contribution in [0, 0.1) is 0 Å². The van der Waals surface area contributed by atoms with Crippen LogP contribution in [0.25, 0.3) is 0 Å². The lowest BCUT2D eigenvalue weighted by Gasteiger charge is -2.54. The van der Waals surface area contributed by atoms with Gasteiger partial charge in [0.1, 0.15) is 0 Å². The molecule has 23 heavy (non-hydrogen) atoms. The minimum atomic E-state index is 0.0110. The number of hydrogen-bond donors (Lipinski definition) is 2. The van der Waals surface area contributed by atoms with Crippen molar-refractivity contribution in [3.05, 3.63) is 0 Å². The predicted octanol–water partition coefficient (Wildman–Crippen LogP) is 3.88. The summed E-state index contributed by atoms with van der Waals surface area (Å²) < 4.78 is 0. The lowest BCUT2D eigenvalue weighted by molar-refractivity contribution is -0.284. The molecule has 0 aromatic carbocycles. The SMILES string of the molecule is CCCCCCCCON1C(C)(C)CC(NCCO)CC1(C)C. The van der Waals surface area contributed by atoms with Gasteiger partial charge < -0.3 is 10.4 Å². The number of hydroxylamine groups is 2. The van der Waals surface area contributed by atoms with Crippen LogP contribution in [0.15, 0.2) is 0 Å². The van der Waals surface area contributed by atoms with E-state index in [1.54, 1.807) is 0 Å². The molecule has 0 saturated carbocycles. The van der Waals surface area contributed by atoms with E-state index in [1.807, 2.05) is 0 Å². The number of rotatable bonds is 11. The van der Waals surface area contributed by atoms with Crippen molar-refractivity contribution in [1.29, 1.82) is 0 Å². The summed E-state index contributed by atoms with van der Waals surface area (Å²) in [7, 11) is 0. The summed E-state index contributed by atoms with van der Waals surface area (Å²) in [5, 5.41) is 14.7. The summed E-state index contributed by atoms with van der Waals surface area (Å²) in [6, 6.07) is 0.445. The molecule has 0 unspecified atom stereocenters. The Morgan fingerprint density at radius 2 is 1.57 bits per heavy atom. The van der Waals surface area contributed by atoms with E-state index in [4.69, 9.17) is 9.94 Å². The largest absolute Gasteiger partial charge is 0.395 e. The van der Waals surface area contributed by atoms with E-state index in [0.29, 0.717) is 12.6 Å². The Labute approximate surface area is 143 Å². The van der Waals surface area contributed by atoms with Crippen LogP contribution in [-0.2, 0) is 4.84 Å². The number of nitrogens with zero attached hydrogens (tertiary/aromatic N) is 1. The smallest absolute Gasteiger partial charge is 0.0685 e. The van der Waals surface area contributed by atoms with Gasteiger partial charge in [-0.2, -0.15) is 5.06 Å². The van der Waals surface area contributed by atoms with Crippen molar-refractivity contribution in [3.8, 4) is 0 Å². The summed E-state index contributed by atoms with van der Waals surface area (Å²) in [6.07, 6.45) is 9.87. The zero-order valence-electron chi connectivity index (χ0n) is 16.2. The summed E-state index contributed by atoms with van der Waals surface area (Å²) in [5.41, 5.74) is 0.0220. The fourth-order valence-electron chi connectivity index (χ4n) is 4.06. The van der Waals surface area contributed by atoms with Gasteiger partial charge in [-0.25, -0.2) is 0 Å². The van der Waals surface area contributed by atoms with Gasteiger partial charge in [-0.1, -0.05) is 39.0 Å². The Bertz CT molecular complexity index is 300. The van der Waals surface area contributed by atoms with Crippen LogP contribution in [-0.4, -0.2) is 47.0 Å². The van der Waals surface area contributed by atoms with Crippen molar-refractivity contribution in [1.82, 2.24) is 10.4 Å². The average Bonchev–Trinajstić information content (AvgIpc) is 2.45. The number of piperidine rings is 1. The molecular formula is C19H40N2O2. The molecule has 1 fully saturated rings. The van der Waals surface area contributed by atoms with Crippen LogP contribution in [0.3, 0.4) is 0 Å². The monoisotopic (exact) mass is 328 g/mol. The van der Waals surface area contributed by atoms with Gasteiger partial charge in [0.15, 0.2) is 0 Å². The van der Waals surface area contributed by atoms with Gasteiger partial charge in [0, 0.05) is 23.7 Å². The second-order valence-electron chi connectivity index (χ2n) is 8.30. The molecule has 1 aliphatic heterocycles. The third kappa shape index (κ3) is 7.08. The molecule has 0 bridgehead atoms. The molecule has 1 rings (SSSR count). The van der Waals surface area contributed by atoms with Gasteiger partial charge in [0.2, 0.25) is 0 Å². The highest BCUT2D eigenvalue weighted by molar-refractivity contribution is 4.99. The molecule has 0 aliphatic carbocycles. The molecule has 1 aliphatic rings. The molecule has 0 spiro atoms. The zero-order valence-corrected chi connectivity index (χ0v) is 16.2. The fourth-order valence-corrected chi connectivity index (χ4v) is 4.06. The molecule has 4 nitrogen and oxygen atoms in total. The van der Waals surface area contributed by atoms with Crippen molar-refractivity contribution in [3.63, 3.8) is 0 Å². The van der Waals surface area contributed by atoms with Crippen molar-refractivity contribution in [2.75, 3.05) is 19.8 Å². The summed E-state index contributed by atoms with van der Waals surface area (Å²) in [6.45, 7) is 13.0. The van der Waals surface area contributed by atoms with Gasteiger partial charge in [-0.3, -0.25) is 4.84 Å². The van der Waals surface area contributed by atoms with Crippen LogP contribution < -0.4 is 5.32 Å². The Morgan fingerprint density at radius 1 is 1.00 bits per heavy atom. The van der Waals surface area contributed by atoms with E-state index in [1.165, 1.54) is 32.1 Å². The molecule has 0 aromatic rings. The van der Waals surface area contributed by atoms with Crippen LogP contribution in [0.5, 0.6) is 0 Å². The standard InChI is InChI=1S/C19H40N2O2/c1-6-7-8-9-10-11-14-23-21-18(2,3)15-17(20-12-13-22)16-19(21,4)5/h17,20,22H,6-16H2,1-5H3. The molecule has 2 N–H and O–H groups in total. The predicted molar refractivity (Wildman–Crippen MR) is 97.4 cm³/mol. The number of hydrogen-bond acceptors (Lipinski definition) is 4. The third-order valence-electron chi connectivity index (χ3n) is 4.85. The molecule has 138 valence electrons. The molecule has 0 radical (unpaired) electrons. The van der Waals surface area contributed by atoms with Crippen LogP contribution in [0.4, 0.5) is 0 Å². The van der Waals surface area contributed by atoms with E-state index in [9.17, 15) is 0 Å². The minimum absolute atomic E-state index is 0.0110. The first-order valence-electron chi connectivity index (χ1n) is 9.61.